The number of non-ortho nitro benzene ring substituents is 1. The van der Waals surface area contributed by atoms with Crippen LogP contribution in [0.1, 0.15) is 5.76 Å². The number of hydrogen-bond donors (Lipinski definition) is 0. The Bertz CT molecular complexity index is 1240. The molecule has 2 aromatic carbocycles. The molecule has 1 fully saturated rings. The number of furan rings is 1. The summed E-state index contributed by atoms with van der Waals surface area (Å²) in [4.78, 5) is 24.8. The van der Waals surface area contributed by atoms with E-state index >= 15 is 0 Å². The van der Waals surface area contributed by atoms with Gasteiger partial charge in [0.15, 0.2) is 4.32 Å². The van der Waals surface area contributed by atoms with Gasteiger partial charge in [0.05, 0.1) is 20.5 Å². The average molecular weight is 461 g/mol. The number of nitro groups is 1. The summed E-state index contributed by atoms with van der Waals surface area (Å²) in [5, 5.41) is 11.3. The van der Waals surface area contributed by atoms with Gasteiger partial charge in [0.2, 0.25) is 0 Å². The van der Waals surface area contributed by atoms with E-state index in [-0.39, 0.29) is 10.0 Å². The molecule has 1 amide bonds. The zero-order chi connectivity index (χ0) is 21.4. The highest BCUT2D eigenvalue weighted by molar-refractivity contribution is 8.27. The maximum absolute atomic E-state index is 13.5. The Morgan fingerprint density at radius 1 is 1.20 bits per heavy atom. The van der Waals surface area contributed by atoms with Gasteiger partial charge in [0, 0.05) is 23.8 Å². The Morgan fingerprint density at radius 2 is 2.00 bits per heavy atom. The van der Waals surface area contributed by atoms with Gasteiger partial charge >= 0.3 is 0 Å². The summed E-state index contributed by atoms with van der Waals surface area (Å²) < 4.78 is 19.5. The van der Waals surface area contributed by atoms with Gasteiger partial charge in [0.25, 0.3) is 11.6 Å². The van der Waals surface area contributed by atoms with Crippen LogP contribution in [-0.4, -0.2) is 15.2 Å². The first-order valence-corrected chi connectivity index (χ1v) is 10.0. The molecule has 0 radical (unpaired) electrons. The van der Waals surface area contributed by atoms with Crippen molar-refractivity contribution >= 4 is 63.3 Å². The summed E-state index contributed by atoms with van der Waals surface area (Å²) in [6.45, 7) is 0. The number of anilines is 1. The third-order valence-corrected chi connectivity index (χ3v) is 5.82. The molecule has 0 N–H and O–H groups in total. The van der Waals surface area contributed by atoms with Gasteiger partial charge < -0.3 is 4.42 Å². The number of rotatable bonds is 4. The maximum atomic E-state index is 13.5. The minimum atomic E-state index is -0.526. The van der Waals surface area contributed by atoms with Crippen molar-refractivity contribution in [3.63, 3.8) is 0 Å². The molecule has 3 aromatic rings. The fourth-order valence-electron chi connectivity index (χ4n) is 2.83. The average Bonchev–Trinajstić information content (AvgIpc) is 3.26. The van der Waals surface area contributed by atoms with E-state index in [9.17, 15) is 19.3 Å². The molecule has 0 bridgehead atoms. The lowest BCUT2D eigenvalue weighted by molar-refractivity contribution is -0.384. The van der Waals surface area contributed by atoms with Crippen LogP contribution in [-0.2, 0) is 4.79 Å². The molecule has 1 aliphatic heterocycles. The zero-order valence-electron chi connectivity index (χ0n) is 14.9. The van der Waals surface area contributed by atoms with Crippen LogP contribution in [0, 0.1) is 15.9 Å². The molecule has 30 heavy (non-hydrogen) atoms. The smallest absolute Gasteiger partial charge is 0.270 e. The zero-order valence-corrected chi connectivity index (χ0v) is 17.3. The van der Waals surface area contributed by atoms with Gasteiger partial charge in [-0.2, -0.15) is 0 Å². The normalized spacial score (nSPS) is 15.3. The third kappa shape index (κ3) is 3.87. The number of carbonyl (C=O) groups is 1. The van der Waals surface area contributed by atoms with Crippen LogP contribution in [0.2, 0.25) is 5.02 Å². The summed E-state index contributed by atoms with van der Waals surface area (Å²) in [6, 6.07) is 12.8. The highest BCUT2D eigenvalue weighted by Gasteiger charge is 2.33. The van der Waals surface area contributed by atoms with Crippen LogP contribution in [0.25, 0.3) is 17.4 Å². The van der Waals surface area contributed by atoms with Crippen LogP contribution in [0.15, 0.2) is 63.9 Å². The minimum Gasteiger partial charge on any atom is -0.457 e. The molecular formula is C20H10ClFN2O4S2. The van der Waals surface area contributed by atoms with Crippen molar-refractivity contribution in [2.45, 2.75) is 0 Å². The van der Waals surface area contributed by atoms with Crippen LogP contribution >= 0.6 is 35.6 Å². The second-order valence-electron chi connectivity index (χ2n) is 6.12. The summed E-state index contributed by atoms with van der Waals surface area (Å²) in [5.41, 5.74) is 0.575. The number of benzene rings is 2. The molecule has 0 atom stereocenters. The quantitative estimate of drug-likeness (QED) is 0.204. The molecule has 150 valence electrons. The Hall–Kier alpha value is -3.01. The molecule has 0 aliphatic carbocycles. The third-order valence-electron chi connectivity index (χ3n) is 4.19. The minimum absolute atomic E-state index is 0.122. The number of thiocarbonyl (C=S) groups is 1. The topological polar surface area (TPSA) is 76.6 Å². The number of thioether (sulfide) groups is 1. The molecule has 0 saturated carbocycles. The maximum Gasteiger partial charge on any atom is 0.270 e. The standard InChI is InChI=1S/C20H10ClFN2O4S2/c21-16-6-4-13(24(26)27)9-15(16)17-7-5-14(28-17)10-18-19(25)23(20(29)30-18)12-3-1-2-11(22)8-12/h1-10H/b18-10+. The second kappa shape index (κ2) is 8.02. The van der Waals surface area contributed by atoms with Crippen molar-refractivity contribution in [2.75, 3.05) is 4.90 Å². The summed E-state index contributed by atoms with van der Waals surface area (Å²) in [5.74, 6) is -0.222. The number of hydrogen-bond acceptors (Lipinski definition) is 6. The Balaban J connectivity index is 1.64. The van der Waals surface area contributed by atoms with Crippen molar-refractivity contribution in [1.82, 2.24) is 0 Å². The van der Waals surface area contributed by atoms with Gasteiger partial charge in [-0.3, -0.25) is 19.8 Å². The number of amides is 1. The molecule has 1 aromatic heterocycles. The summed E-state index contributed by atoms with van der Waals surface area (Å²) >= 11 is 12.5. The molecule has 6 nitrogen and oxygen atoms in total. The second-order valence-corrected chi connectivity index (χ2v) is 8.20. The predicted octanol–water partition coefficient (Wildman–Crippen LogP) is 6.05. The van der Waals surface area contributed by atoms with Crippen LogP contribution in [0.5, 0.6) is 0 Å². The van der Waals surface area contributed by atoms with Gasteiger partial charge in [0.1, 0.15) is 17.3 Å². The van der Waals surface area contributed by atoms with E-state index in [1.54, 1.807) is 18.2 Å². The van der Waals surface area contributed by atoms with Gasteiger partial charge in [-0.05, 0) is 36.4 Å². The first kappa shape index (κ1) is 20.3. The SMILES string of the molecule is O=C1/C(=C\c2ccc(-c3cc([N+](=O)[O-])ccc3Cl)o2)SC(=S)N1c1cccc(F)c1. The Morgan fingerprint density at radius 3 is 2.73 bits per heavy atom. The molecule has 0 unspecified atom stereocenters. The van der Waals surface area contributed by atoms with Crippen molar-refractivity contribution in [1.29, 1.82) is 0 Å². The lowest BCUT2D eigenvalue weighted by atomic mass is 10.1. The predicted molar refractivity (Wildman–Crippen MR) is 118 cm³/mol. The highest BCUT2D eigenvalue weighted by atomic mass is 35.5. The van der Waals surface area contributed by atoms with Crippen LogP contribution in [0.3, 0.4) is 0 Å². The molecule has 1 saturated heterocycles. The summed E-state index contributed by atoms with van der Waals surface area (Å²) in [6.07, 6.45) is 1.51. The number of nitrogens with zero attached hydrogens (tertiary/aromatic N) is 2. The van der Waals surface area contributed by atoms with Crippen molar-refractivity contribution < 1.29 is 18.5 Å². The first-order chi connectivity index (χ1) is 14.3. The van der Waals surface area contributed by atoms with Crippen LogP contribution in [0.4, 0.5) is 15.8 Å². The molecule has 0 spiro atoms. The fraction of sp³-hybridized carbons (Fsp3) is 0. The van der Waals surface area contributed by atoms with Crippen molar-refractivity contribution in [2.24, 2.45) is 0 Å². The van der Waals surface area contributed by atoms with E-state index in [0.717, 1.165) is 11.8 Å². The van der Waals surface area contributed by atoms with E-state index < -0.39 is 16.6 Å². The number of nitro benzene ring substituents is 1. The highest BCUT2D eigenvalue weighted by Crippen LogP contribution is 2.37. The fourth-order valence-corrected chi connectivity index (χ4v) is 4.32. The molecule has 1 aliphatic rings. The largest absolute Gasteiger partial charge is 0.457 e. The first-order valence-electron chi connectivity index (χ1n) is 8.41. The molecule has 2 heterocycles. The monoisotopic (exact) mass is 460 g/mol. The van der Waals surface area contributed by atoms with E-state index in [0.29, 0.717) is 32.7 Å². The molecular weight excluding hydrogens is 451 g/mol. The summed E-state index contributed by atoms with van der Waals surface area (Å²) in [7, 11) is 0. The van der Waals surface area contributed by atoms with Crippen molar-refractivity contribution in [3.05, 3.63) is 86.2 Å². The van der Waals surface area contributed by atoms with E-state index in [4.69, 9.17) is 28.2 Å². The van der Waals surface area contributed by atoms with E-state index in [2.05, 4.69) is 0 Å². The molecule has 4 rings (SSSR count). The van der Waals surface area contributed by atoms with Crippen LogP contribution < -0.4 is 4.90 Å². The lowest BCUT2D eigenvalue weighted by Crippen LogP contribution is -2.27. The van der Waals surface area contributed by atoms with E-state index in [1.807, 2.05) is 0 Å². The molecule has 10 heteroatoms. The Labute approximate surface area is 184 Å². The van der Waals surface area contributed by atoms with Gasteiger partial charge in [-0.15, -0.1) is 0 Å². The Kier molecular flexibility index (Phi) is 5.42. The van der Waals surface area contributed by atoms with Gasteiger partial charge in [-0.1, -0.05) is 41.6 Å². The lowest BCUT2D eigenvalue weighted by Gasteiger charge is -2.14. The van der Waals surface area contributed by atoms with Crippen molar-refractivity contribution in [3.8, 4) is 11.3 Å². The number of carbonyl (C=O) groups excluding carboxylic acids is 1. The van der Waals surface area contributed by atoms with Gasteiger partial charge in [-0.25, -0.2) is 4.39 Å². The number of halogens is 2. The van der Waals surface area contributed by atoms with E-state index in [1.165, 1.54) is 47.4 Å².